The molecule has 0 aromatic heterocycles. The van der Waals surface area contributed by atoms with E-state index in [2.05, 4.69) is 12.2 Å². The fourth-order valence-corrected chi connectivity index (χ4v) is 3.87. The molecule has 0 bridgehead atoms. The summed E-state index contributed by atoms with van der Waals surface area (Å²) in [5.41, 5.74) is -0.504. The van der Waals surface area contributed by atoms with Crippen molar-refractivity contribution in [2.45, 2.75) is 97.5 Å². The summed E-state index contributed by atoms with van der Waals surface area (Å²) in [7, 11) is 0. The minimum atomic E-state index is -0.504. The summed E-state index contributed by atoms with van der Waals surface area (Å²) in [6.07, 6.45) is 13.0. The molecule has 0 atom stereocenters. The summed E-state index contributed by atoms with van der Waals surface area (Å²) in [4.78, 5) is 11.5. The van der Waals surface area contributed by atoms with Gasteiger partial charge in [0.2, 0.25) is 0 Å². The Balaban J connectivity index is 3.09. The van der Waals surface area contributed by atoms with Gasteiger partial charge in [-0.2, -0.15) is 0 Å². The van der Waals surface area contributed by atoms with Crippen LogP contribution in [-0.2, 0) is 42.6 Å². The zero-order valence-corrected chi connectivity index (χ0v) is 28.7. The van der Waals surface area contributed by atoms with E-state index in [1.807, 2.05) is 20.8 Å². The third kappa shape index (κ3) is 39.0. The van der Waals surface area contributed by atoms with Crippen LogP contribution in [0, 0.1) is 0 Å². The van der Waals surface area contributed by atoms with Gasteiger partial charge in [-0.05, 0) is 27.2 Å². The number of carbonyl (C=O) groups excluding carboxylic acids is 1. The number of amides is 1. The SMILES string of the molecule is CCCCCCCCCCCCOCCOCCOCCOCCOCCOCCOCCOCCNC(=O)OC(C)(C)C. The van der Waals surface area contributed by atoms with E-state index in [4.69, 9.17) is 42.6 Å². The van der Waals surface area contributed by atoms with Gasteiger partial charge in [0, 0.05) is 13.2 Å². The number of hydrogen-bond acceptors (Lipinski definition) is 10. The van der Waals surface area contributed by atoms with E-state index < -0.39 is 11.7 Å². The molecule has 11 heteroatoms. The molecule has 44 heavy (non-hydrogen) atoms. The molecule has 0 aliphatic rings. The highest BCUT2D eigenvalue weighted by molar-refractivity contribution is 5.67. The van der Waals surface area contributed by atoms with Gasteiger partial charge in [-0.1, -0.05) is 64.7 Å². The monoisotopic (exact) mass is 637 g/mol. The topological polar surface area (TPSA) is 112 Å². The molecular formula is C33H67NO10. The lowest BCUT2D eigenvalue weighted by atomic mass is 10.1. The number of carbonyl (C=O) groups is 1. The third-order valence-corrected chi connectivity index (χ3v) is 6.16. The Morgan fingerprint density at radius 2 is 0.727 bits per heavy atom. The first-order valence-electron chi connectivity index (χ1n) is 17.0. The molecule has 0 unspecified atom stereocenters. The van der Waals surface area contributed by atoms with E-state index in [1.54, 1.807) is 0 Å². The Bertz CT molecular complexity index is 577. The van der Waals surface area contributed by atoms with E-state index in [1.165, 1.54) is 57.8 Å². The largest absolute Gasteiger partial charge is 0.444 e. The maximum atomic E-state index is 11.5. The van der Waals surface area contributed by atoms with Crippen molar-refractivity contribution in [3.05, 3.63) is 0 Å². The van der Waals surface area contributed by atoms with E-state index in [-0.39, 0.29) is 0 Å². The summed E-state index contributed by atoms with van der Waals surface area (Å²) < 4.78 is 49.1. The molecule has 0 aromatic carbocycles. The van der Waals surface area contributed by atoms with Crippen LogP contribution in [0.15, 0.2) is 0 Å². The normalized spacial score (nSPS) is 11.7. The number of ether oxygens (including phenoxy) is 9. The van der Waals surface area contributed by atoms with Crippen LogP contribution in [0.25, 0.3) is 0 Å². The fourth-order valence-electron chi connectivity index (χ4n) is 3.87. The van der Waals surface area contributed by atoms with Crippen LogP contribution >= 0.6 is 0 Å². The van der Waals surface area contributed by atoms with Crippen LogP contribution in [0.3, 0.4) is 0 Å². The molecule has 0 aliphatic heterocycles. The Kier molecular flexibility index (Phi) is 34.0. The molecule has 1 N–H and O–H groups in total. The number of rotatable bonds is 35. The second kappa shape index (κ2) is 34.8. The molecule has 0 rings (SSSR count). The molecule has 11 nitrogen and oxygen atoms in total. The van der Waals surface area contributed by atoms with Crippen LogP contribution in [-0.4, -0.2) is 124 Å². The molecule has 0 aliphatic carbocycles. The van der Waals surface area contributed by atoms with Crippen molar-refractivity contribution in [3.8, 4) is 0 Å². The van der Waals surface area contributed by atoms with Crippen LogP contribution in [0.1, 0.15) is 91.9 Å². The van der Waals surface area contributed by atoms with Gasteiger partial charge in [0.05, 0.1) is 99.1 Å². The third-order valence-electron chi connectivity index (χ3n) is 6.16. The van der Waals surface area contributed by atoms with E-state index >= 15 is 0 Å². The first-order valence-corrected chi connectivity index (χ1v) is 17.0. The maximum Gasteiger partial charge on any atom is 0.407 e. The maximum absolute atomic E-state index is 11.5. The van der Waals surface area contributed by atoms with E-state index in [0.29, 0.717) is 106 Å². The zero-order valence-electron chi connectivity index (χ0n) is 28.7. The van der Waals surface area contributed by atoms with Crippen molar-refractivity contribution in [3.63, 3.8) is 0 Å². The van der Waals surface area contributed by atoms with Crippen molar-refractivity contribution >= 4 is 6.09 Å². The van der Waals surface area contributed by atoms with E-state index in [9.17, 15) is 4.79 Å². The fraction of sp³-hybridized carbons (Fsp3) is 0.970. The van der Waals surface area contributed by atoms with Gasteiger partial charge in [0.1, 0.15) is 5.60 Å². The average Bonchev–Trinajstić information content (AvgIpc) is 2.98. The lowest BCUT2D eigenvalue weighted by Crippen LogP contribution is -2.34. The minimum Gasteiger partial charge on any atom is -0.444 e. The average molecular weight is 638 g/mol. The Morgan fingerprint density at radius 3 is 1.07 bits per heavy atom. The van der Waals surface area contributed by atoms with Crippen LogP contribution in [0.2, 0.25) is 0 Å². The molecule has 0 saturated heterocycles. The summed E-state index contributed by atoms with van der Waals surface area (Å²) >= 11 is 0. The second-order valence-corrected chi connectivity index (χ2v) is 11.5. The molecule has 0 spiro atoms. The Labute approximate surface area is 268 Å². The van der Waals surface area contributed by atoms with Crippen LogP contribution in [0.5, 0.6) is 0 Å². The number of nitrogens with one attached hydrogen (secondary N) is 1. The molecule has 264 valence electrons. The van der Waals surface area contributed by atoms with Gasteiger partial charge in [-0.15, -0.1) is 0 Å². The Hall–Kier alpha value is -1.05. The highest BCUT2D eigenvalue weighted by atomic mass is 16.6. The van der Waals surface area contributed by atoms with Crippen molar-refractivity contribution in [1.82, 2.24) is 5.32 Å². The summed E-state index contributed by atoms with van der Waals surface area (Å²) in [5, 5.41) is 2.63. The first kappa shape index (κ1) is 43.0. The quantitative estimate of drug-likeness (QED) is 0.0886. The number of unbranched alkanes of at least 4 members (excludes halogenated alkanes) is 9. The molecule has 0 saturated carbocycles. The molecular weight excluding hydrogens is 570 g/mol. The summed E-state index contributed by atoms with van der Waals surface area (Å²) in [6, 6.07) is 0. The minimum absolute atomic E-state index is 0.391. The van der Waals surface area contributed by atoms with Gasteiger partial charge >= 0.3 is 6.09 Å². The van der Waals surface area contributed by atoms with Crippen molar-refractivity contribution < 1.29 is 47.4 Å². The molecule has 0 fully saturated rings. The summed E-state index contributed by atoms with van der Waals surface area (Å²) in [5.74, 6) is 0. The van der Waals surface area contributed by atoms with Gasteiger partial charge in [-0.25, -0.2) is 4.79 Å². The highest BCUT2D eigenvalue weighted by Crippen LogP contribution is 2.10. The smallest absolute Gasteiger partial charge is 0.407 e. The summed E-state index contributed by atoms with van der Waals surface area (Å²) in [6.45, 7) is 16.7. The standard InChI is InChI=1S/C33H67NO10/c1-5-6-7-8-9-10-11-12-13-14-16-36-18-20-38-22-24-40-26-28-42-30-31-43-29-27-41-25-23-39-21-19-37-17-15-34-32(35)44-33(2,3)4/h5-31H2,1-4H3,(H,34,35). The Morgan fingerprint density at radius 1 is 0.432 bits per heavy atom. The highest BCUT2D eigenvalue weighted by Gasteiger charge is 2.15. The zero-order chi connectivity index (χ0) is 32.2. The van der Waals surface area contributed by atoms with Crippen molar-refractivity contribution in [2.24, 2.45) is 0 Å². The van der Waals surface area contributed by atoms with Crippen molar-refractivity contribution in [1.29, 1.82) is 0 Å². The molecule has 0 heterocycles. The molecule has 0 aromatic rings. The number of alkyl carbamates (subject to hydrolysis) is 1. The molecule has 0 radical (unpaired) electrons. The first-order chi connectivity index (χ1) is 21.5. The van der Waals surface area contributed by atoms with E-state index in [0.717, 1.165) is 13.0 Å². The van der Waals surface area contributed by atoms with Crippen LogP contribution < -0.4 is 5.32 Å². The lowest BCUT2D eigenvalue weighted by Gasteiger charge is -2.19. The van der Waals surface area contributed by atoms with Gasteiger partial charge in [-0.3, -0.25) is 0 Å². The van der Waals surface area contributed by atoms with Gasteiger partial charge < -0.3 is 47.9 Å². The van der Waals surface area contributed by atoms with Gasteiger partial charge in [0.25, 0.3) is 0 Å². The predicted molar refractivity (Wildman–Crippen MR) is 173 cm³/mol. The van der Waals surface area contributed by atoms with Gasteiger partial charge in [0.15, 0.2) is 0 Å². The van der Waals surface area contributed by atoms with Crippen LogP contribution in [0.4, 0.5) is 4.79 Å². The number of hydrogen-bond donors (Lipinski definition) is 1. The molecule has 1 amide bonds. The van der Waals surface area contributed by atoms with Crippen molar-refractivity contribution in [2.75, 3.05) is 112 Å². The predicted octanol–water partition coefficient (Wildman–Crippen LogP) is 5.56. The lowest BCUT2D eigenvalue weighted by molar-refractivity contribution is -0.0231. The second-order valence-electron chi connectivity index (χ2n) is 11.5.